The second kappa shape index (κ2) is 6.57. The Labute approximate surface area is 108 Å². The van der Waals surface area contributed by atoms with Crippen molar-refractivity contribution in [3.63, 3.8) is 0 Å². The number of benzene rings is 1. The summed E-state index contributed by atoms with van der Waals surface area (Å²) in [4.78, 5) is 0.413. The summed E-state index contributed by atoms with van der Waals surface area (Å²) in [5.41, 5.74) is 8.74. The molecule has 3 N–H and O–H groups in total. The second-order valence-corrected chi connectivity index (χ2v) is 4.56. The molecule has 3 nitrogen and oxygen atoms in total. The largest absolute Gasteiger partial charge is 0.389 e. The Bertz CT molecular complexity index is 393. The lowest BCUT2D eigenvalue weighted by atomic mass is 10.1. The predicted molar refractivity (Wildman–Crippen MR) is 76.6 cm³/mol. The van der Waals surface area contributed by atoms with E-state index in [0.717, 1.165) is 17.9 Å². The summed E-state index contributed by atoms with van der Waals surface area (Å²) in [6.45, 7) is 7.49. The molecule has 0 spiro atoms. The second-order valence-electron chi connectivity index (χ2n) is 4.12. The number of rotatable bonds is 6. The van der Waals surface area contributed by atoms with Crippen LogP contribution in [-0.2, 0) is 4.74 Å². The monoisotopic (exact) mass is 252 g/mol. The molecule has 0 fully saturated rings. The maximum atomic E-state index is 5.70. The van der Waals surface area contributed by atoms with Crippen molar-refractivity contribution in [3.05, 3.63) is 29.3 Å². The minimum atomic E-state index is 0.227. The minimum Gasteiger partial charge on any atom is -0.389 e. The summed E-state index contributed by atoms with van der Waals surface area (Å²) in [6.07, 6.45) is 0. The highest BCUT2D eigenvalue weighted by Gasteiger charge is 2.08. The highest BCUT2D eigenvalue weighted by atomic mass is 32.1. The van der Waals surface area contributed by atoms with E-state index in [-0.39, 0.29) is 6.04 Å². The number of thiocarbonyl (C=S) groups is 1. The van der Waals surface area contributed by atoms with Crippen LogP contribution in [0.4, 0.5) is 5.69 Å². The smallest absolute Gasteiger partial charge is 0.106 e. The summed E-state index contributed by atoms with van der Waals surface area (Å²) < 4.78 is 5.37. The molecule has 0 heterocycles. The van der Waals surface area contributed by atoms with E-state index >= 15 is 0 Å². The van der Waals surface area contributed by atoms with Gasteiger partial charge in [0.2, 0.25) is 0 Å². The van der Waals surface area contributed by atoms with Gasteiger partial charge in [-0.1, -0.05) is 18.3 Å². The molecule has 0 aromatic heterocycles. The van der Waals surface area contributed by atoms with Gasteiger partial charge in [0.1, 0.15) is 4.99 Å². The molecule has 4 heteroatoms. The molecule has 1 atom stereocenters. The zero-order chi connectivity index (χ0) is 12.8. The fourth-order valence-corrected chi connectivity index (χ4v) is 1.77. The van der Waals surface area contributed by atoms with Gasteiger partial charge in [-0.05, 0) is 38.5 Å². The van der Waals surface area contributed by atoms with Gasteiger partial charge in [-0.15, -0.1) is 0 Å². The summed E-state index contributed by atoms with van der Waals surface area (Å²) >= 11 is 5.04. The van der Waals surface area contributed by atoms with Crippen molar-refractivity contribution in [3.8, 4) is 0 Å². The normalized spacial score (nSPS) is 12.2. The van der Waals surface area contributed by atoms with Gasteiger partial charge < -0.3 is 15.8 Å². The van der Waals surface area contributed by atoms with Gasteiger partial charge in [-0.3, -0.25) is 0 Å². The maximum Gasteiger partial charge on any atom is 0.106 e. The molecule has 0 saturated heterocycles. The predicted octanol–water partition coefficient (Wildman–Crippen LogP) is 2.47. The van der Waals surface area contributed by atoms with Crippen LogP contribution >= 0.6 is 12.2 Å². The fraction of sp³-hybridized carbons (Fsp3) is 0.462. The molecule has 0 aliphatic rings. The quantitative estimate of drug-likeness (QED) is 0.764. The molecule has 1 unspecified atom stereocenters. The molecule has 0 bridgehead atoms. The highest BCUT2D eigenvalue weighted by Crippen LogP contribution is 2.18. The van der Waals surface area contributed by atoms with Gasteiger partial charge in [0.25, 0.3) is 0 Å². The van der Waals surface area contributed by atoms with E-state index in [0.29, 0.717) is 11.6 Å². The van der Waals surface area contributed by atoms with Crippen LogP contribution in [0.1, 0.15) is 25.0 Å². The zero-order valence-corrected chi connectivity index (χ0v) is 11.4. The summed E-state index contributed by atoms with van der Waals surface area (Å²) in [6, 6.07) is 6.24. The van der Waals surface area contributed by atoms with Crippen molar-refractivity contribution in [2.45, 2.75) is 26.8 Å². The Kier molecular flexibility index (Phi) is 5.38. The van der Waals surface area contributed by atoms with Crippen molar-refractivity contribution >= 4 is 22.9 Å². The molecule has 1 aromatic carbocycles. The lowest BCUT2D eigenvalue weighted by molar-refractivity contribution is 0.141. The van der Waals surface area contributed by atoms with Crippen LogP contribution in [0.15, 0.2) is 18.2 Å². The SMILES string of the molecule is CCOCC(C)Nc1cc(C)ccc1C(N)=S. The molecule has 1 aromatic rings. The fourth-order valence-electron chi connectivity index (χ4n) is 1.59. The molecule has 17 heavy (non-hydrogen) atoms. The van der Waals surface area contributed by atoms with Crippen molar-refractivity contribution in [2.24, 2.45) is 5.73 Å². The first-order chi connectivity index (χ1) is 8.04. The third kappa shape index (κ3) is 4.32. The lowest BCUT2D eigenvalue weighted by Crippen LogP contribution is -2.24. The van der Waals surface area contributed by atoms with E-state index in [1.165, 1.54) is 5.56 Å². The Morgan fingerprint density at radius 3 is 2.82 bits per heavy atom. The summed E-state index contributed by atoms with van der Waals surface area (Å²) in [7, 11) is 0. The minimum absolute atomic E-state index is 0.227. The van der Waals surface area contributed by atoms with E-state index in [9.17, 15) is 0 Å². The maximum absolute atomic E-state index is 5.70. The van der Waals surface area contributed by atoms with Crippen LogP contribution in [0, 0.1) is 6.92 Å². The molecule has 1 rings (SSSR count). The molecule has 94 valence electrons. The average Bonchev–Trinajstić information content (AvgIpc) is 2.26. The van der Waals surface area contributed by atoms with Crippen LogP contribution in [-0.4, -0.2) is 24.2 Å². The van der Waals surface area contributed by atoms with E-state index in [4.69, 9.17) is 22.7 Å². The van der Waals surface area contributed by atoms with Gasteiger partial charge in [0.05, 0.1) is 6.61 Å². The van der Waals surface area contributed by atoms with Gasteiger partial charge in [-0.25, -0.2) is 0 Å². The number of hydrogen-bond donors (Lipinski definition) is 2. The molecular weight excluding hydrogens is 232 g/mol. The first kappa shape index (κ1) is 13.9. The Morgan fingerprint density at radius 1 is 1.53 bits per heavy atom. The van der Waals surface area contributed by atoms with Crippen LogP contribution in [0.3, 0.4) is 0 Å². The first-order valence-corrected chi connectivity index (χ1v) is 6.20. The summed E-state index contributed by atoms with van der Waals surface area (Å²) in [5.74, 6) is 0. The van der Waals surface area contributed by atoms with Gasteiger partial charge in [0, 0.05) is 23.9 Å². The van der Waals surface area contributed by atoms with Crippen LogP contribution < -0.4 is 11.1 Å². The molecule has 0 saturated carbocycles. The van der Waals surface area contributed by atoms with E-state index < -0.39 is 0 Å². The van der Waals surface area contributed by atoms with E-state index in [2.05, 4.69) is 18.3 Å². The zero-order valence-electron chi connectivity index (χ0n) is 10.6. The van der Waals surface area contributed by atoms with Gasteiger partial charge in [0.15, 0.2) is 0 Å². The molecule has 0 aliphatic heterocycles. The number of hydrogen-bond acceptors (Lipinski definition) is 3. The van der Waals surface area contributed by atoms with Crippen LogP contribution in [0.25, 0.3) is 0 Å². The van der Waals surface area contributed by atoms with E-state index in [1.54, 1.807) is 0 Å². The van der Waals surface area contributed by atoms with Crippen molar-refractivity contribution < 1.29 is 4.74 Å². The number of ether oxygens (including phenoxy) is 1. The molecule has 0 radical (unpaired) electrons. The molecule has 0 amide bonds. The highest BCUT2D eigenvalue weighted by molar-refractivity contribution is 7.80. The Balaban J connectivity index is 2.81. The third-order valence-corrected chi connectivity index (χ3v) is 2.63. The topological polar surface area (TPSA) is 47.3 Å². The number of aryl methyl sites for hydroxylation is 1. The van der Waals surface area contributed by atoms with Gasteiger partial charge in [-0.2, -0.15) is 0 Å². The average molecular weight is 252 g/mol. The molecular formula is C13H20N2OS. The van der Waals surface area contributed by atoms with Gasteiger partial charge >= 0.3 is 0 Å². The Hall–Kier alpha value is -1.13. The van der Waals surface area contributed by atoms with Crippen LogP contribution in [0.2, 0.25) is 0 Å². The van der Waals surface area contributed by atoms with Crippen LogP contribution in [0.5, 0.6) is 0 Å². The first-order valence-electron chi connectivity index (χ1n) is 5.79. The lowest BCUT2D eigenvalue weighted by Gasteiger charge is -2.18. The van der Waals surface area contributed by atoms with Crippen molar-refractivity contribution in [1.29, 1.82) is 0 Å². The number of nitrogens with one attached hydrogen (secondary N) is 1. The third-order valence-electron chi connectivity index (χ3n) is 2.41. The van der Waals surface area contributed by atoms with Crippen molar-refractivity contribution in [2.75, 3.05) is 18.5 Å². The Morgan fingerprint density at radius 2 is 2.24 bits per heavy atom. The standard InChI is InChI=1S/C13H20N2OS/c1-4-16-8-10(3)15-12-7-9(2)5-6-11(12)13(14)17/h5-7,10,15H,4,8H2,1-3H3,(H2,14,17). The van der Waals surface area contributed by atoms with E-state index in [1.807, 2.05) is 26.0 Å². The number of anilines is 1. The molecule has 0 aliphatic carbocycles. The number of nitrogens with two attached hydrogens (primary N) is 1. The summed E-state index contributed by atoms with van der Waals surface area (Å²) in [5, 5.41) is 3.37. The van der Waals surface area contributed by atoms with Crippen molar-refractivity contribution in [1.82, 2.24) is 0 Å².